The Balaban J connectivity index is 1.47. The molecule has 2 heterocycles. The summed E-state index contributed by atoms with van der Waals surface area (Å²) in [6, 6.07) is 6.78. The van der Waals surface area contributed by atoms with Gasteiger partial charge in [-0.25, -0.2) is 12.7 Å². The fourth-order valence-electron chi connectivity index (χ4n) is 6.65. The molecule has 1 aromatic rings. The van der Waals surface area contributed by atoms with E-state index < -0.39 is 10.0 Å². The Bertz CT molecular complexity index is 926. The van der Waals surface area contributed by atoms with Crippen molar-refractivity contribution in [3.8, 4) is 5.75 Å². The third kappa shape index (κ3) is 4.46. The molecule has 0 aromatic heterocycles. The van der Waals surface area contributed by atoms with Gasteiger partial charge in [-0.2, -0.15) is 0 Å². The molecule has 0 amide bonds. The van der Waals surface area contributed by atoms with Gasteiger partial charge in [0, 0.05) is 37.1 Å². The van der Waals surface area contributed by atoms with Gasteiger partial charge in [0.25, 0.3) is 0 Å². The van der Waals surface area contributed by atoms with E-state index in [-0.39, 0.29) is 17.1 Å². The van der Waals surface area contributed by atoms with Crippen molar-refractivity contribution < 1.29 is 13.5 Å². The zero-order valence-electron chi connectivity index (χ0n) is 20.4. The molecule has 2 aliphatic heterocycles. The standard InChI is InChI=1S/C25H41N3O3S/c1-18(2)17-32(30,31)28-11-8-19(9-12-28)16-27(5)24-23-14-20-6-7-21(29)15-22(20)25(24,3)10-13-26(23)4/h6-7,15,18-19,23-24,29H,8-14,16-17H2,1-5H3/t23-,24+,25-/m1/s1. The lowest BCUT2D eigenvalue weighted by Crippen LogP contribution is -2.66. The predicted molar refractivity (Wildman–Crippen MR) is 130 cm³/mol. The minimum atomic E-state index is -3.13. The molecule has 7 heteroatoms. The molecule has 1 aromatic carbocycles. The van der Waals surface area contributed by atoms with Crippen LogP contribution >= 0.6 is 0 Å². The molecule has 1 aliphatic carbocycles. The van der Waals surface area contributed by atoms with Crippen LogP contribution in [-0.4, -0.2) is 85.7 Å². The number of phenols is 1. The first-order chi connectivity index (χ1) is 15.0. The Morgan fingerprint density at radius 1 is 1.22 bits per heavy atom. The van der Waals surface area contributed by atoms with Crippen LogP contribution in [0.5, 0.6) is 5.75 Å². The summed E-state index contributed by atoms with van der Waals surface area (Å²) < 4.78 is 26.9. The minimum Gasteiger partial charge on any atom is -0.508 e. The highest BCUT2D eigenvalue weighted by Crippen LogP contribution is 2.47. The molecule has 0 saturated carbocycles. The Morgan fingerprint density at radius 2 is 1.91 bits per heavy atom. The van der Waals surface area contributed by atoms with E-state index >= 15 is 0 Å². The number of likely N-dealkylation sites (tertiary alicyclic amines) is 1. The molecule has 180 valence electrons. The van der Waals surface area contributed by atoms with Gasteiger partial charge >= 0.3 is 0 Å². The largest absolute Gasteiger partial charge is 0.508 e. The average Bonchev–Trinajstić information content (AvgIpc) is 2.71. The average molecular weight is 464 g/mol. The second kappa shape index (κ2) is 8.90. The summed E-state index contributed by atoms with van der Waals surface area (Å²) in [5, 5.41) is 10.2. The molecular formula is C25H41N3O3S. The van der Waals surface area contributed by atoms with Crippen LogP contribution < -0.4 is 0 Å². The van der Waals surface area contributed by atoms with Gasteiger partial charge in [0.2, 0.25) is 10.0 Å². The molecule has 2 saturated heterocycles. The normalized spacial score (nSPS) is 30.1. The first-order valence-electron chi connectivity index (χ1n) is 12.2. The predicted octanol–water partition coefficient (Wildman–Crippen LogP) is 2.91. The fourth-order valence-corrected chi connectivity index (χ4v) is 8.47. The summed E-state index contributed by atoms with van der Waals surface area (Å²) in [5.74, 6) is 1.29. The molecule has 3 aliphatic rings. The monoisotopic (exact) mass is 463 g/mol. The van der Waals surface area contributed by atoms with Crippen molar-refractivity contribution in [1.82, 2.24) is 14.1 Å². The van der Waals surface area contributed by atoms with Crippen molar-refractivity contribution in [3.05, 3.63) is 29.3 Å². The quantitative estimate of drug-likeness (QED) is 0.703. The smallest absolute Gasteiger partial charge is 0.214 e. The first kappa shape index (κ1) is 24.0. The van der Waals surface area contributed by atoms with E-state index in [1.54, 1.807) is 4.31 Å². The molecule has 0 unspecified atom stereocenters. The van der Waals surface area contributed by atoms with E-state index in [9.17, 15) is 13.5 Å². The van der Waals surface area contributed by atoms with Crippen LogP contribution in [0.15, 0.2) is 18.2 Å². The number of aromatic hydroxyl groups is 1. The number of rotatable bonds is 6. The molecule has 0 spiro atoms. The molecule has 2 bridgehead atoms. The maximum Gasteiger partial charge on any atom is 0.214 e. The Hall–Kier alpha value is -1.15. The van der Waals surface area contributed by atoms with Gasteiger partial charge in [0.1, 0.15) is 5.75 Å². The Labute approximate surface area is 194 Å². The van der Waals surface area contributed by atoms with E-state index in [1.807, 2.05) is 26.0 Å². The number of benzene rings is 1. The zero-order chi connectivity index (χ0) is 23.3. The first-order valence-corrected chi connectivity index (χ1v) is 13.8. The number of hydrogen-bond acceptors (Lipinski definition) is 5. The lowest BCUT2D eigenvalue weighted by Gasteiger charge is -2.58. The van der Waals surface area contributed by atoms with E-state index in [1.165, 1.54) is 11.1 Å². The Morgan fingerprint density at radius 3 is 2.56 bits per heavy atom. The molecule has 6 nitrogen and oxygen atoms in total. The summed E-state index contributed by atoms with van der Waals surface area (Å²) in [6.07, 6.45) is 3.96. The second-order valence-corrected chi connectivity index (χ2v) is 13.2. The van der Waals surface area contributed by atoms with E-state index in [0.717, 1.165) is 38.8 Å². The van der Waals surface area contributed by atoms with Crippen LogP contribution in [0.4, 0.5) is 0 Å². The van der Waals surface area contributed by atoms with Crippen molar-refractivity contribution in [2.75, 3.05) is 46.0 Å². The molecule has 2 fully saturated rings. The van der Waals surface area contributed by atoms with Crippen LogP contribution in [0.2, 0.25) is 0 Å². The number of hydrogen-bond donors (Lipinski definition) is 1. The highest BCUT2D eigenvalue weighted by atomic mass is 32.2. The maximum atomic E-state index is 12.6. The summed E-state index contributed by atoms with van der Waals surface area (Å²) in [4.78, 5) is 5.07. The number of likely N-dealkylation sites (N-methyl/N-ethyl adjacent to an activating group) is 2. The molecule has 0 radical (unpaired) electrons. The summed E-state index contributed by atoms with van der Waals surface area (Å²) in [5.41, 5.74) is 2.70. The SMILES string of the molecule is CC(C)CS(=O)(=O)N1CCC(CN(C)[C@H]2[C@H]3Cc4ccc(O)cc4[C@@]2(C)CCN3C)CC1. The summed E-state index contributed by atoms with van der Waals surface area (Å²) in [7, 11) is 1.37. The fraction of sp³-hybridized carbons (Fsp3) is 0.760. The third-order valence-electron chi connectivity index (χ3n) is 8.24. The van der Waals surface area contributed by atoms with E-state index in [4.69, 9.17) is 0 Å². The van der Waals surface area contributed by atoms with Crippen LogP contribution in [0.1, 0.15) is 51.2 Å². The Kier molecular flexibility index (Phi) is 6.67. The van der Waals surface area contributed by atoms with Gasteiger partial charge < -0.3 is 14.9 Å². The van der Waals surface area contributed by atoms with Crippen LogP contribution in [0.25, 0.3) is 0 Å². The van der Waals surface area contributed by atoms with E-state index in [2.05, 4.69) is 36.9 Å². The van der Waals surface area contributed by atoms with Crippen molar-refractivity contribution in [1.29, 1.82) is 0 Å². The lowest BCUT2D eigenvalue weighted by atomic mass is 9.61. The number of piperidine rings is 2. The van der Waals surface area contributed by atoms with Gasteiger partial charge in [-0.1, -0.05) is 26.8 Å². The van der Waals surface area contributed by atoms with Crippen molar-refractivity contribution >= 4 is 10.0 Å². The molecule has 1 N–H and O–H groups in total. The maximum absolute atomic E-state index is 12.6. The zero-order valence-corrected chi connectivity index (χ0v) is 21.2. The molecule has 3 atom stereocenters. The molecule has 4 rings (SSSR count). The highest BCUT2D eigenvalue weighted by Gasteiger charge is 2.51. The van der Waals surface area contributed by atoms with Crippen molar-refractivity contribution in [2.24, 2.45) is 11.8 Å². The highest BCUT2D eigenvalue weighted by molar-refractivity contribution is 7.89. The third-order valence-corrected chi connectivity index (χ3v) is 10.5. The van der Waals surface area contributed by atoms with Crippen LogP contribution in [0, 0.1) is 11.8 Å². The topological polar surface area (TPSA) is 64.1 Å². The van der Waals surface area contributed by atoms with Crippen LogP contribution in [0.3, 0.4) is 0 Å². The number of nitrogens with zero attached hydrogens (tertiary/aromatic N) is 3. The van der Waals surface area contributed by atoms with E-state index in [0.29, 0.717) is 36.8 Å². The number of sulfonamides is 1. The van der Waals surface area contributed by atoms with Crippen molar-refractivity contribution in [2.45, 2.75) is 64.0 Å². The summed E-state index contributed by atoms with van der Waals surface area (Å²) >= 11 is 0. The summed E-state index contributed by atoms with van der Waals surface area (Å²) in [6.45, 7) is 9.69. The van der Waals surface area contributed by atoms with Gasteiger partial charge in [-0.05, 0) is 81.4 Å². The number of fused-ring (bicyclic) bond motifs is 4. The van der Waals surface area contributed by atoms with Crippen LogP contribution in [-0.2, 0) is 21.9 Å². The lowest BCUT2D eigenvalue weighted by molar-refractivity contribution is -0.00615. The van der Waals surface area contributed by atoms with Crippen molar-refractivity contribution in [3.63, 3.8) is 0 Å². The van der Waals surface area contributed by atoms with Gasteiger partial charge in [0.15, 0.2) is 0 Å². The van der Waals surface area contributed by atoms with Gasteiger partial charge in [-0.15, -0.1) is 0 Å². The second-order valence-electron chi connectivity index (χ2n) is 11.2. The van der Waals surface area contributed by atoms with Gasteiger partial charge in [-0.3, -0.25) is 0 Å². The number of phenolic OH excluding ortho intramolecular Hbond substituents is 1. The van der Waals surface area contributed by atoms with Gasteiger partial charge in [0.05, 0.1) is 5.75 Å². The molecular weight excluding hydrogens is 422 g/mol. The minimum absolute atomic E-state index is 0.0134. The molecule has 32 heavy (non-hydrogen) atoms.